The number of carbonyl (C=O) groups excluding carboxylic acids is 1. The Morgan fingerprint density at radius 1 is 1.13 bits per heavy atom. The SMILES string of the molecule is COc1ccc([C@H]2C[C@@H](NC(C)=O)[C@@H]3CCCC[C@H]3O2)cc1OCc1ccc(F)cc1. The number of amides is 1. The van der Waals surface area contributed by atoms with E-state index in [4.69, 9.17) is 14.2 Å². The highest BCUT2D eigenvalue weighted by Gasteiger charge is 2.40. The van der Waals surface area contributed by atoms with Crippen LogP contribution in [0.25, 0.3) is 0 Å². The monoisotopic (exact) mass is 427 g/mol. The van der Waals surface area contributed by atoms with Gasteiger partial charge in [0.25, 0.3) is 0 Å². The summed E-state index contributed by atoms with van der Waals surface area (Å²) in [5.41, 5.74) is 1.88. The molecule has 31 heavy (non-hydrogen) atoms. The molecule has 1 saturated heterocycles. The molecule has 2 aromatic carbocycles. The summed E-state index contributed by atoms with van der Waals surface area (Å²) in [4.78, 5) is 11.8. The molecule has 1 saturated carbocycles. The first-order chi connectivity index (χ1) is 15.0. The van der Waals surface area contributed by atoms with Crippen LogP contribution in [0.15, 0.2) is 42.5 Å². The van der Waals surface area contributed by atoms with Gasteiger partial charge in [0, 0.05) is 18.9 Å². The molecule has 4 atom stereocenters. The predicted octanol–water partition coefficient (Wildman–Crippen LogP) is 4.94. The van der Waals surface area contributed by atoms with Gasteiger partial charge in [0.2, 0.25) is 5.91 Å². The molecule has 6 heteroatoms. The van der Waals surface area contributed by atoms with Crippen LogP contribution in [-0.4, -0.2) is 25.2 Å². The van der Waals surface area contributed by atoms with Crippen molar-refractivity contribution < 1.29 is 23.4 Å². The van der Waals surface area contributed by atoms with Crippen LogP contribution in [0.1, 0.15) is 56.3 Å². The molecule has 1 amide bonds. The van der Waals surface area contributed by atoms with Crippen molar-refractivity contribution in [2.75, 3.05) is 7.11 Å². The standard InChI is InChI=1S/C25H30FNO4/c1-16(28)27-21-14-24(31-22-6-4-3-5-20(21)22)18-9-12-23(29-2)25(13-18)30-15-17-7-10-19(26)11-8-17/h7-13,20-22,24H,3-6,14-15H2,1-2H3,(H,27,28)/t20-,21+,22+,24+/m0/s1. The van der Waals surface area contributed by atoms with Gasteiger partial charge in [-0.05, 0) is 54.7 Å². The minimum atomic E-state index is -0.271. The van der Waals surface area contributed by atoms with Crippen LogP contribution in [0.2, 0.25) is 0 Å². The normalized spacial score (nSPS) is 25.4. The third-order valence-electron chi connectivity index (χ3n) is 6.33. The van der Waals surface area contributed by atoms with Crippen LogP contribution in [0.4, 0.5) is 4.39 Å². The first kappa shape index (κ1) is 21.6. The van der Waals surface area contributed by atoms with Crippen molar-refractivity contribution in [3.63, 3.8) is 0 Å². The lowest BCUT2D eigenvalue weighted by Gasteiger charge is -2.45. The molecular formula is C25H30FNO4. The molecule has 166 valence electrons. The second-order valence-corrected chi connectivity index (χ2v) is 8.48. The Morgan fingerprint density at radius 3 is 2.65 bits per heavy atom. The van der Waals surface area contributed by atoms with E-state index in [9.17, 15) is 9.18 Å². The Hall–Kier alpha value is -2.60. The van der Waals surface area contributed by atoms with Crippen molar-refractivity contribution in [1.29, 1.82) is 0 Å². The average molecular weight is 428 g/mol. The topological polar surface area (TPSA) is 56.8 Å². The summed E-state index contributed by atoms with van der Waals surface area (Å²) in [6.07, 6.45) is 5.26. The molecule has 0 bridgehead atoms. The number of carbonyl (C=O) groups is 1. The van der Waals surface area contributed by atoms with Gasteiger partial charge in [0.05, 0.1) is 19.3 Å². The molecule has 1 heterocycles. The van der Waals surface area contributed by atoms with Gasteiger partial charge in [-0.3, -0.25) is 4.79 Å². The highest BCUT2D eigenvalue weighted by atomic mass is 19.1. The molecule has 4 rings (SSSR count). The fourth-order valence-electron chi connectivity index (χ4n) is 4.82. The van der Waals surface area contributed by atoms with Gasteiger partial charge in [-0.25, -0.2) is 4.39 Å². The first-order valence-electron chi connectivity index (χ1n) is 11.0. The van der Waals surface area contributed by atoms with Gasteiger partial charge in [0.1, 0.15) is 12.4 Å². The summed E-state index contributed by atoms with van der Waals surface area (Å²) in [5, 5.41) is 3.16. The maximum atomic E-state index is 13.2. The summed E-state index contributed by atoms with van der Waals surface area (Å²) >= 11 is 0. The van der Waals surface area contributed by atoms with Crippen molar-refractivity contribution in [2.45, 2.75) is 63.9 Å². The summed E-state index contributed by atoms with van der Waals surface area (Å²) in [5.74, 6) is 1.37. The Kier molecular flexibility index (Phi) is 6.76. The number of methoxy groups -OCH3 is 1. The maximum absolute atomic E-state index is 13.2. The van der Waals surface area contributed by atoms with Crippen molar-refractivity contribution in [1.82, 2.24) is 5.32 Å². The van der Waals surface area contributed by atoms with Crippen LogP contribution in [-0.2, 0) is 16.1 Å². The van der Waals surface area contributed by atoms with E-state index >= 15 is 0 Å². The van der Waals surface area contributed by atoms with Gasteiger partial charge in [0.15, 0.2) is 11.5 Å². The smallest absolute Gasteiger partial charge is 0.217 e. The second-order valence-electron chi connectivity index (χ2n) is 8.48. The Morgan fingerprint density at radius 2 is 1.90 bits per heavy atom. The van der Waals surface area contributed by atoms with Gasteiger partial charge in [-0.15, -0.1) is 0 Å². The number of rotatable bonds is 6. The quantitative estimate of drug-likeness (QED) is 0.710. The number of ether oxygens (including phenoxy) is 3. The third-order valence-corrected chi connectivity index (χ3v) is 6.33. The highest BCUT2D eigenvalue weighted by Crippen LogP contribution is 2.43. The fourth-order valence-corrected chi connectivity index (χ4v) is 4.82. The number of halogens is 1. The second kappa shape index (κ2) is 9.69. The van der Waals surface area contributed by atoms with E-state index in [0.29, 0.717) is 24.0 Å². The molecule has 2 aliphatic rings. The molecule has 0 radical (unpaired) electrons. The molecule has 5 nitrogen and oxygen atoms in total. The zero-order valence-electron chi connectivity index (χ0n) is 18.1. The van der Waals surface area contributed by atoms with Crippen molar-refractivity contribution >= 4 is 5.91 Å². The van der Waals surface area contributed by atoms with Crippen molar-refractivity contribution in [2.24, 2.45) is 5.92 Å². The molecule has 0 aromatic heterocycles. The van der Waals surface area contributed by atoms with Gasteiger partial charge < -0.3 is 19.5 Å². The van der Waals surface area contributed by atoms with E-state index < -0.39 is 0 Å². The zero-order valence-corrected chi connectivity index (χ0v) is 18.1. The minimum Gasteiger partial charge on any atom is -0.493 e. The highest BCUT2D eigenvalue weighted by molar-refractivity contribution is 5.73. The van der Waals surface area contributed by atoms with Crippen molar-refractivity contribution in [3.05, 3.63) is 59.4 Å². The lowest BCUT2D eigenvalue weighted by atomic mass is 9.76. The maximum Gasteiger partial charge on any atom is 0.217 e. The van der Waals surface area contributed by atoms with Crippen LogP contribution < -0.4 is 14.8 Å². The van der Waals surface area contributed by atoms with E-state index in [1.165, 1.54) is 18.6 Å². The summed E-state index contributed by atoms with van der Waals surface area (Å²) in [6, 6.07) is 12.2. The van der Waals surface area contributed by atoms with E-state index in [1.807, 2.05) is 18.2 Å². The minimum absolute atomic E-state index is 0.00743. The number of hydrogen-bond acceptors (Lipinski definition) is 4. The third kappa shape index (κ3) is 5.18. The van der Waals surface area contributed by atoms with Crippen LogP contribution in [0.3, 0.4) is 0 Å². The number of fused-ring (bicyclic) bond motifs is 1. The average Bonchev–Trinajstić information content (AvgIpc) is 2.78. The largest absolute Gasteiger partial charge is 0.493 e. The fraction of sp³-hybridized carbons (Fsp3) is 0.480. The predicted molar refractivity (Wildman–Crippen MR) is 116 cm³/mol. The molecule has 1 aliphatic carbocycles. The lowest BCUT2D eigenvalue weighted by Crippen LogP contribution is -2.50. The van der Waals surface area contributed by atoms with Crippen LogP contribution >= 0.6 is 0 Å². The molecule has 2 fully saturated rings. The van der Waals surface area contributed by atoms with E-state index in [-0.39, 0.29) is 30.0 Å². The van der Waals surface area contributed by atoms with Crippen molar-refractivity contribution in [3.8, 4) is 11.5 Å². The summed E-state index contributed by atoms with van der Waals surface area (Å²) < 4.78 is 31.1. The van der Waals surface area contributed by atoms with Crippen LogP contribution in [0.5, 0.6) is 11.5 Å². The first-order valence-corrected chi connectivity index (χ1v) is 11.0. The molecule has 1 N–H and O–H groups in total. The Balaban J connectivity index is 1.53. The number of nitrogens with one attached hydrogen (secondary N) is 1. The molecular weight excluding hydrogens is 397 g/mol. The lowest BCUT2D eigenvalue weighted by molar-refractivity contribution is -0.131. The van der Waals surface area contributed by atoms with E-state index in [2.05, 4.69) is 5.32 Å². The number of benzene rings is 2. The Labute approximate surface area is 182 Å². The molecule has 0 spiro atoms. The van der Waals surface area contributed by atoms with Gasteiger partial charge >= 0.3 is 0 Å². The summed E-state index contributed by atoms with van der Waals surface area (Å²) in [6.45, 7) is 1.89. The summed E-state index contributed by atoms with van der Waals surface area (Å²) in [7, 11) is 1.61. The van der Waals surface area contributed by atoms with Gasteiger partial charge in [-0.1, -0.05) is 31.0 Å². The molecule has 0 unspecified atom stereocenters. The number of hydrogen-bond donors (Lipinski definition) is 1. The zero-order chi connectivity index (χ0) is 21.8. The van der Waals surface area contributed by atoms with Gasteiger partial charge in [-0.2, -0.15) is 0 Å². The van der Waals surface area contributed by atoms with E-state index in [1.54, 1.807) is 26.2 Å². The molecule has 1 aliphatic heterocycles. The van der Waals surface area contributed by atoms with E-state index in [0.717, 1.165) is 36.8 Å². The Bertz CT molecular complexity index is 901. The van der Waals surface area contributed by atoms with Crippen LogP contribution in [0, 0.1) is 11.7 Å². The molecule has 2 aromatic rings.